The van der Waals surface area contributed by atoms with Gasteiger partial charge in [-0.2, -0.15) is 0 Å². The molecule has 3 aromatic rings. The number of aromatic nitrogens is 1. The highest BCUT2D eigenvalue weighted by Crippen LogP contribution is 2.21. The molecule has 0 saturated carbocycles. The summed E-state index contributed by atoms with van der Waals surface area (Å²) in [5, 5.41) is 14.9. The first kappa shape index (κ1) is 22.0. The Morgan fingerprint density at radius 3 is 2.19 bits per heavy atom. The highest BCUT2D eigenvalue weighted by Gasteiger charge is 2.27. The zero-order valence-electron chi connectivity index (χ0n) is 17.5. The van der Waals surface area contributed by atoms with E-state index >= 15 is 0 Å². The van der Waals surface area contributed by atoms with E-state index in [1.54, 1.807) is 49.1 Å². The summed E-state index contributed by atoms with van der Waals surface area (Å²) in [5.41, 5.74) is 6.05. The predicted molar refractivity (Wildman–Crippen MR) is 120 cm³/mol. The van der Waals surface area contributed by atoms with E-state index in [9.17, 15) is 9.59 Å². The molecule has 0 bridgehead atoms. The van der Waals surface area contributed by atoms with E-state index in [1.165, 1.54) is 5.56 Å². The molecule has 7 nitrogen and oxygen atoms in total. The van der Waals surface area contributed by atoms with Crippen molar-refractivity contribution in [1.82, 2.24) is 15.8 Å². The molecule has 7 heteroatoms. The molecule has 31 heavy (non-hydrogen) atoms. The summed E-state index contributed by atoms with van der Waals surface area (Å²) >= 11 is 0. The van der Waals surface area contributed by atoms with Gasteiger partial charge in [0.05, 0.1) is 11.7 Å². The zero-order chi connectivity index (χ0) is 22.2. The van der Waals surface area contributed by atoms with Gasteiger partial charge in [0.2, 0.25) is 0 Å². The molecule has 0 spiro atoms. The summed E-state index contributed by atoms with van der Waals surface area (Å²) < 4.78 is 0. The van der Waals surface area contributed by atoms with Crippen LogP contribution >= 0.6 is 0 Å². The Morgan fingerprint density at radius 1 is 1.00 bits per heavy atom. The van der Waals surface area contributed by atoms with Crippen LogP contribution in [-0.4, -0.2) is 34.1 Å². The largest absolute Gasteiger partial charge is 0.379 e. The van der Waals surface area contributed by atoms with Crippen molar-refractivity contribution in [3.63, 3.8) is 0 Å². The number of nitrogens with one attached hydrogen (secondary N) is 3. The van der Waals surface area contributed by atoms with Gasteiger partial charge in [-0.1, -0.05) is 43.3 Å². The molecule has 2 amide bonds. The van der Waals surface area contributed by atoms with Gasteiger partial charge in [-0.05, 0) is 54.3 Å². The van der Waals surface area contributed by atoms with Crippen LogP contribution in [0.2, 0.25) is 0 Å². The first-order valence-electron chi connectivity index (χ1n) is 10.1. The van der Waals surface area contributed by atoms with Crippen LogP contribution in [0.25, 0.3) is 11.1 Å². The lowest BCUT2D eigenvalue weighted by Crippen LogP contribution is -2.54. The summed E-state index contributed by atoms with van der Waals surface area (Å²) in [5.74, 6) is -1.13. The van der Waals surface area contributed by atoms with Crippen LogP contribution in [0.15, 0.2) is 73.1 Å². The highest BCUT2D eigenvalue weighted by atomic mass is 16.5. The van der Waals surface area contributed by atoms with Crippen molar-refractivity contribution in [1.29, 1.82) is 0 Å². The van der Waals surface area contributed by atoms with Crippen molar-refractivity contribution < 1.29 is 14.8 Å². The van der Waals surface area contributed by atoms with Crippen molar-refractivity contribution in [2.24, 2.45) is 0 Å². The van der Waals surface area contributed by atoms with Gasteiger partial charge in [-0.15, -0.1) is 0 Å². The second-order valence-corrected chi connectivity index (χ2v) is 7.23. The normalized spacial score (nSPS) is 12.5. The van der Waals surface area contributed by atoms with Gasteiger partial charge in [0.15, 0.2) is 0 Å². The Balaban J connectivity index is 1.71. The fourth-order valence-electron chi connectivity index (χ4n) is 3.25. The third-order valence-electron chi connectivity index (χ3n) is 5.08. The SMILES string of the molecule is CCc1ccc(-c2ccc(C(=O)N[C@H](C(=O)NO)[C@@H](C)Nc3cccnc3)cc2)cc1. The lowest BCUT2D eigenvalue weighted by Gasteiger charge is -2.25. The molecular formula is C24H26N4O3. The zero-order valence-corrected chi connectivity index (χ0v) is 17.5. The molecule has 0 fully saturated rings. The average molecular weight is 418 g/mol. The number of hydrogen-bond acceptors (Lipinski definition) is 5. The van der Waals surface area contributed by atoms with Crippen LogP contribution in [0, 0.1) is 0 Å². The van der Waals surface area contributed by atoms with Crippen LogP contribution in [0.5, 0.6) is 0 Å². The fourth-order valence-corrected chi connectivity index (χ4v) is 3.25. The third kappa shape index (κ3) is 5.67. The molecule has 0 aliphatic carbocycles. The quantitative estimate of drug-likeness (QED) is 0.332. The highest BCUT2D eigenvalue weighted by molar-refractivity contribution is 5.98. The minimum absolute atomic E-state index is 0.415. The molecule has 1 aromatic heterocycles. The minimum Gasteiger partial charge on any atom is -0.379 e. The molecule has 3 rings (SSSR count). The number of amides is 2. The second kappa shape index (κ2) is 10.4. The Bertz CT molecular complexity index is 1010. The van der Waals surface area contributed by atoms with E-state index in [-0.39, 0.29) is 0 Å². The molecule has 0 unspecified atom stereocenters. The lowest BCUT2D eigenvalue weighted by atomic mass is 10.0. The number of aryl methyl sites for hydroxylation is 1. The molecule has 4 N–H and O–H groups in total. The minimum atomic E-state index is -1.00. The Labute approximate surface area is 181 Å². The van der Waals surface area contributed by atoms with Gasteiger partial charge in [0.25, 0.3) is 11.8 Å². The molecular weight excluding hydrogens is 392 g/mol. The lowest BCUT2D eigenvalue weighted by molar-refractivity contribution is -0.131. The van der Waals surface area contributed by atoms with E-state index < -0.39 is 23.9 Å². The summed E-state index contributed by atoms with van der Waals surface area (Å²) in [7, 11) is 0. The van der Waals surface area contributed by atoms with E-state index in [4.69, 9.17) is 5.21 Å². The van der Waals surface area contributed by atoms with Crippen LogP contribution in [0.4, 0.5) is 5.69 Å². The molecule has 0 radical (unpaired) electrons. The number of anilines is 1. The molecule has 0 aliphatic heterocycles. The van der Waals surface area contributed by atoms with E-state index in [2.05, 4.69) is 46.8 Å². The maximum absolute atomic E-state index is 12.8. The van der Waals surface area contributed by atoms with E-state index in [0.29, 0.717) is 11.3 Å². The van der Waals surface area contributed by atoms with Crippen LogP contribution < -0.4 is 16.1 Å². The summed E-state index contributed by atoms with van der Waals surface area (Å²) in [6, 6.07) is 17.5. The van der Waals surface area contributed by atoms with Crippen molar-refractivity contribution >= 4 is 17.5 Å². The van der Waals surface area contributed by atoms with Crippen LogP contribution in [0.1, 0.15) is 29.8 Å². The number of hydrogen-bond donors (Lipinski definition) is 4. The predicted octanol–water partition coefficient (Wildman–Crippen LogP) is 3.42. The Morgan fingerprint density at radius 2 is 1.65 bits per heavy atom. The number of carbonyl (C=O) groups is 2. The van der Waals surface area contributed by atoms with E-state index in [1.807, 2.05) is 12.1 Å². The molecule has 1 heterocycles. The van der Waals surface area contributed by atoms with Crippen molar-refractivity contribution in [2.75, 3.05) is 5.32 Å². The molecule has 2 aromatic carbocycles. The number of hydroxylamine groups is 1. The van der Waals surface area contributed by atoms with Gasteiger partial charge in [-0.3, -0.25) is 19.8 Å². The number of benzene rings is 2. The number of pyridine rings is 1. The van der Waals surface area contributed by atoms with Gasteiger partial charge < -0.3 is 10.6 Å². The summed E-state index contributed by atoms with van der Waals surface area (Å²) in [6.45, 7) is 3.84. The first-order valence-corrected chi connectivity index (χ1v) is 10.1. The van der Waals surface area contributed by atoms with Crippen molar-refractivity contribution in [2.45, 2.75) is 32.4 Å². The average Bonchev–Trinajstić information content (AvgIpc) is 2.82. The van der Waals surface area contributed by atoms with Crippen LogP contribution in [-0.2, 0) is 11.2 Å². The first-order chi connectivity index (χ1) is 15.0. The third-order valence-corrected chi connectivity index (χ3v) is 5.08. The van der Waals surface area contributed by atoms with E-state index in [0.717, 1.165) is 17.5 Å². The summed E-state index contributed by atoms with van der Waals surface area (Å²) in [4.78, 5) is 28.9. The molecule has 0 saturated heterocycles. The molecule has 0 aliphatic rings. The van der Waals surface area contributed by atoms with Gasteiger partial charge >= 0.3 is 0 Å². The maximum atomic E-state index is 12.8. The fraction of sp³-hybridized carbons (Fsp3) is 0.208. The Kier molecular flexibility index (Phi) is 7.35. The van der Waals surface area contributed by atoms with Crippen LogP contribution in [0.3, 0.4) is 0 Å². The van der Waals surface area contributed by atoms with Crippen molar-refractivity contribution in [3.05, 3.63) is 84.2 Å². The molecule has 2 atom stereocenters. The summed E-state index contributed by atoms with van der Waals surface area (Å²) in [6.07, 6.45) is 4.23. The smallest absolute Gasteiger partial charge is 0.268 e. The van der Waals surface area contributed by atoms with Gasteiger partial charge in [0.1, 0.15) is 6.04 Å². The monoisotopic (exact) mass is 418 g/mol. The Hall–Kier alpha value is -3.71. The number of rotatable bonds is 8. The molecule has 160 valence electrons. The topological polar surface area (TPSA) is 103 Å². The second-order valence-electron chi connectivity index (χ2n) is 7.23. The maximum Gasteiger partial charge on any atom is 0.268 e. The van der Waals surface area contributed by atoms with Crippen molar-refractivity contribution in [3.8, 4) is 11.1 Å². The van der Waals surface area contributed by atoms with Gasteiger partial charge in [-0.25, -0.2) is 5.48 Å². The number of carbonyl (C=O) groups excluding carboxylic acids is 2. The number of nitrogens with zero attached hydrogens (tertiary/aromatic N) is 1. The van der Waals surface area contributed by atoms with Gasteiger partial charge in [0, 0.05) is 18.0 Å². The standard InChI is InChI=1S/C24H26N4O3/c1-3-17-6-8-18(9-7-17)19-10-12-20(13-11-19)23(29)27-22(24(30)28-31)16(2)26-21-5-4-14-25-15-21/h4-16,22,26,31H,3H2,1-2H3,(H,27,29)(H,28,30)/t16-,22+/m1/s1.